The van der Waals surface area contributed by atoms with Crippen LogP contribution in [0, 0.1) is 29.5 Å². The van der Waals surface area contributed by atoms with Crippen LogP contribution >= 0.6 is 0 Å². The van der Waals surface area contributed by atoms with Crippen LogP contribution in [0.5, 0.6) is 5.75 Å². The number of halogens is 1. The van der Waals surface area contributed by atoms with Gasteiger partial charge in [0.1, 0.15) is 5.82 Å². The summed E-state index contributed by atoms with van der Waals surface area (Å²) in [5, 5.41) is 0. The number of carbonyl (C=O) groups is 3. The molecule has 2 amide bonds. The van der Waals surface area contributed by atoms with Gasteiger partial charge in [-0.05, 0) is 55.4 Å². The van der Waals surface area contributed by atoms with Crippen LogP contribution in [-0.2, 0) is 9.59 Å². The van der Waals surface area contributed by atoms with Crippen molar-refractivity contribution in [1.82, 2.24) is 0 Å². The first-order valence-corrected chi connectivity index (χ1v) is 9.50. The molecule has 2 bridgehead atoms. The van der Waals surface area contributed by atoms with Crippen LogP contribution in [0.15, 0.2) is 48.5 Å². The number of para-hydroxylation sites is 2. The van der Waals surface area contributed by atoms with E-state index in [0.29, 0.717) is 0 Å². The molecule has 0 N–H and O–H groups in total. The van der Waals surface area contributed by atoms with Crippen molar-refractivity contribution in [2.45, 2.75) is 19.3 Å². The summed E-state index contributed by atoms with van der Waals surface area (Å²) in [5.74, 6) is -1.90. The van der Waals surface area contributed by atoms with Crippen LogP contribution in [0.25, 0.3) is 0 Å². The number of esters is 1. The van der Waals surface area contributed by atoms with Crippen molar-refractivity contribution in [3.05, 3.63) is 59.9 Å². The van der Waals surface area contributed by atoms with E-state index in [1.807, 2.05) is 0 Å². The molecule has 2 aliphatic carbocycles. The van der Waals surface area contributed by atoms with Gasteiger partial charge >= 0.3 is 5.97 Å². The minimum absolute atomic E-state index is 0.0739. The summed E-state index contributed by atoms with van der Waals surface area (Å²) in [7, 11) is 0. The van der Waals surface area contributed by atoms with Crippen molar-refractivity contribution in [2.75, 3.05) is 4.90 Å². The Morgan fingerprint density at radius 3 is 2.21 bits per heavy atom. The van der Waals surface area contributed by atoms with Gasteiger partial charge in [-0.25, -0.2) is 14.1 Å². The standard InChI is InChI=1S/C22H18FNO4/c23-15-6-2-1-5-14(15)22(27)28-17-8-4-3-7-16(17)24-20(25)18-12-9-10-13(11-12)19(18)21(24)26/h1-8,12-13,18-19H,9-11H2/t12-,13-,18+,19+/m0/s1. The van der Waals surface area contributed by atoms with E-state index in [1.165, 1.54) is 35.2 Å². The maximum Gasteiger partial charge on any atom is 0.346 e. The number of carbonyl (C=O) groups excluding carboxylic acids is 3. The lowest BCUT2D eigenvalue weighted by molar-refractivity contribution is -0.123. The highest BCUT2D eigenvalue weighted by atomic mass is 19.1. The molecule has 2 aromatic rings. The monoisotopic (exact) mass is 379 g/mol. The van der Waals surface area contributed by atoms with Gasteiger partial charge in [0.2, 0.25) is 11.8 Å². The molecule has 1 aliphatic heterocycles. The number of benzene rings is 2. The number of anilines is 1. The average Bonchev–Trinajstić information content (AvgIpc) is 3.37. The predicted molar refractivity (Wildman–Crippen MR) is 98.1 cm³/mol. The summed E-state index contributed by atoms with van der Waals surface area (Å²) in [6.45, 7) is 0. The number of hydrogen-bond acceptors (Lipinski definition) is 4. The van der Waals surface area contributed by atoms with Crippen molar-refractivity contribution >= 4 is 23.5 Å². The van der Waals surface area contributed by atoms with E-state index in [2.05, 4.69) is 0 Å². The topological polar surface area (TPSA) is 63.7 Å². The zero-order valence-corrected chi connectivity index (χ0v) is 15.0. The summed E-state index contributed by atoms with van der Waals surface area (Å²) >= 11 is 0. The summed E-state index contributed by atoms with van der Waals surface area (Å²) in [4.78, 5) is 39.7. The van der Waals surface area contributed by atoms with E-state index < -0.39 is 11.8 Å². The third-order valence-corrected chi connectivity index (χ3v) is 6.33. The molecule has 1 saturated heterocycles. The summed E-state index contributed by atoms with van der Waals surface area (Å²) in [6.07, 6.45) is 2.93. The maximum atomic E-state index is 13.9. The van der Waals surface area contributed by atoms with Gasteiger partial charge < -0.3 is 4.74 Å². The Labute approximate surface area is 161 Å². The second-order valence-electron chi connectivity index (χ2n) is 7.73. The Hall–Kier alpha value is -3.02. The molecule has 3 aliphatic rings. The largest absolute Gasteiger partial charge is 0.421 e. The molecule has 5 nitrogen and oxygen atoms in total. The molecule has 6 heteroatoms. The van der Waals surface area contributed by atoms with Crippen LogP contribution in [0.1, 0.15) is 29.6 Å². The third kappa shape index (κ3) is 2.40. The predicted octanol–water partition coefficient (Wildman–Crippen LogP) is 3.58. The summed E-state index contributed by atoms with van der Waals surface area (Å²) < 4.78 is 19.3. The molecular weight excluding hydrogens is 361 g/mol. The average molecular weight is 379 g/mol. The lowest BCUT2D eigenvalue weighted by Gasteiger charge is -2.20. The number of nitrogens with zero attached hydrogens (tertiary/aromatic N) is 1. The first-order chi connectivity index (χ1) is 13.6. The highest BCUT2D eigenvalue weighted by molar-refractivity contribution is 6.23. The molecule has 28 heavy (non-hydrogen) atoms. The molecular formula is C22H18FNO4. The molecule has 142 valence electrons. The van der Waals surface area contributed by atoms with Crippen LogP contribution in [0.2, 0.25) is 0 Å². The Morgan fingerprint density at radius 1 is 0.929 bits per heavy atom. The van der Waals surface area contributed by atoms with Gasteiger partial charge in [0.25, 0.3) is 0 Å². The van der Waals surface area contributed by atoms with Gasteiger partial charge in [-0.3, -0.25) is 9.59 Å². The van der Waals surface area contributed by atoms with Gasteiger partial charge in [-0.15, -0.1) is 0 Å². The van der Waals surface area contributed by atoms with E-state index in [4.69, 9.17) is 4.74 Å². The van der Waals surface area contributed by atoms with Crippen molar-refractivity contribution < 1.29 is 23.5 Å². The van der Waals surface area contributed by atoms with Crippen LogP contribution in [0.4, 0.5) is 10.1 Å². The van der Waals surface area contributed by atoms with Gasteiger partial charge in [-0.2, -0.15) is 0 Å². The van der Waals surface area contributed by atoms with Crippen LogP contribution < -0.4 is 9.64 Å². The smallest absolute Gasteiger partial charge is 0.346 e. The molecule has 4 atom stereocenters. The van der Waals surface area contributed by atoms with E-state index >= 15 is 0 Å². The molecule has 0 aromatic heterocycles. The normalized spacial score (nSPS) is 28.0. The lowest BCUT2D eigenvalue weighted by Crippen LogP contribution is -2.33. The fourth-order valence-corrected chi connectivity index (χ4v) is 5.16. The third-order valence-electron chi connectivity index (χ3n) is 6.33. The highest BCUT2D eigenvalue weighted by Gasteiger charge is 2.61. The number of hydrogen-bond donors (Lipinski definition) is 0. The molecule has 2 saturated carbocycles. The Balaban J connectivity index is 1.48. The zero-order chi connectivity index (χ0) is 19.4. The number of fused-ring (bicyclic) bond motifs is 5. The van der Waals surface area contributed by atoms with Crippen LogP contribution in [-0.4, -0.2) is 17.8 Å². The summed E-state index contributed by atoms with van der Waals surface area (Å²) in [5.41, 5.74) is 0.0438. The van der Waals surface area contributed by atoms with Crippen molar-refractivity contribution in [2.24, 2.45) is 23.7 Å². The first-order valence-electron chi connectivity index (χ1n) is 9.50. The Bertz CT molecular complexity index is 976. The molecule has 5 rings (SSSR count). The van der Waals surface area contributed by atoms with Gasteiger partial charge in [0.15, 0.2) is 5.75 Å². The van der Waals surface area contributed by atoms with E-state index in [-0.39, 0.29) is 52.5 Å². The Kier molecular flexibility index (Phi) is 3.82. The Morgan fingerprint density at radius 2 is 1.54 bits per heavy atom. The van der Waals surface area contributed by atoms with Gasteiger partial charge in [0, 0.05) is 0 Å². The summed E-state index contributed by atoms with van der Waals surface area (Å²) in [6, 6.07) is 11.9. The SMILES string of the molecule is O=C(Oc1ccccc1N1C(=O)[C@@H]2[C@H]3CC[C@@H](C3)[C@H]2C1=O)c1ccccc1F. The first kappa shape index (κ1) is 17.1. The quantitative estimate of drug-likeness (QED) is 0.465. The van der Waals surface area contributed by atoms with Crippen molar-refractivity contribution in [3.8, 4) is 5.75 Å². The van der Waals surface area contributed by atoms with Crippen LogP contribution in [0.3, 0.4) is 0 Å². The lowest BCUT2D eigenvalue weighted by atomic mass is 9.81. The molecule has 2 aromatic carbocycles. The minimum atomic E-state index is -0.870. The zero-order valence-electron chi connectivity index (χ0n) is 15.0. The maximum absolute atomic E-state index is 13.9. The van der Waals surface area contributed by atoms with E-state index in [9.17, 15) is 18.8 Å². The fraction of sp³-hybridized carbons (Fsp3) is 0.318. The van der Waals surface area contributed by atoms with Crippen molar-refractivity contribution in [3.63, 3.8) is 0 Å². The van der Waals surface area contributed by atoms with E-state index in [1.54, 1.807) is 18.2 Å². The highest BCUT2D eigenvalue weighted by Crippen LogP contribution is 2.57. The van der Waals surface area contributed by atoms with Gasteiger partial charge in [0.05, 0.1) is 23.1 Å². The molecule has 1 heterocycles. The van der Waals surface area contributed by atoms with E-state index in [0.717, 1.165) is 19.3 Å². The number of ether oxygens (including phenoxy) is 1. The number of imide groups is 1. The second kappa shape index (κ2) is 6.26. The molecule has 0 unspecified atom stereocenters. The second-order valence-corrected chi connectivity index (χ2v) is 7.73. The molecule has 0 radical (unpaired) electrons. The van der Waals surface area contributed by atoms with Gasteiger partial charge in [-0.1, -0.05) is 24.3 Å². The minimum Gasteiger partial charge on any atom is -0.421 e. The molecule has 0 spiro atoms. The number of amides is 2. The molecule has 3 fully saturated rings. The fourth-order valence-electron chi connectivity index (χ4n) is 5.16. The number of rotatable bonds is 3. The van der Waals surface area contributed by atoms with Crippen molar-refractivity contribution in [1.29, 1.82) is 0 Å².